The van der Waals surface area contributed by atoms with Gasteiger partial charge in [-0.15, -0.1) is 11.3 Å². The molecule has 1 saturated heterocycles. The van der Waals surface area contributed by atoms with E-state index >= 15 is 0 Å². The molecule has 0 radical (unpaired) electrons. The first-order chi connectivity index (χ1) is 28.9. The Balaban J connectivity index is 0.807. The number of methoxy groups -OCH3 is 1. The Bertz CT molecular complexity index is 2390. The fourth-order valence-electron chi connectivity index (χ4n) is 8.44. The number of carbonyl (C=O) groups is 3. The molecule has 4 heterocycles. The molecule has 11 nitrogen and oxygen atoms in total. The van der Waals surface area contributed by atoms with Gasteiger partial charge in [0.2, 0.25) is 0 Å². The number of likely N-dealkylation sites (tertiary alicyclic amines) is 1. The third kappa shape index (κ3) is 9.67. The second-order valence-electron chi connectivity index (χ2n) is 17.0. The number of ether oxygens (including phenoxy) is 3. The molecule has 3 aliphatic rings. The summed E-state index contributed by atoms with van der Waals surface area (Å²) in [5.41, 5.74) is 4.70. The zero-order valence-electron chi connectivity index (χ0n) is 34.7. The molecular weight excluding hydrogens is 795 g/mol. The second-order valence-corrected chi connectivity index (χ2v) is 19.1. The van der Waals surface area contributed by atoms with Crippen LogP contribution < -0.4 is 15.0 Å². The van der Waals surface area contributed by atoms with E-state index in [0.717, 1.165) is 94.4 Å². The second kappa shape index (κ2) is 17.7. The van der Waals surface area contributed by atoms with Gasteiger partial charge in [0, 0.05) is 42.2 Å². The van der Waals surface area contributed by atoms with Gasteiger partial charge in [-0.2, -0.15) is 0 Å². The normalized spacial score (nSPS) is 16.4. The van der Waals surface area contributed by atoms with E-state index < -0.39 is 11.6 Å². The number of carbonyl (C=O) groups excluding carboxylic acids is 3. The van der Waals surface area contributed by atoms with Crippen LogP contribution in [0.4, 0.5) is 10.3 Å². The van der Waals surface area contributed by atoms with Crippen molar-refractivity contribution in [2.45, 2.75) is 77.9 Å². The van der Waals surface area contributed by atoms with Crippen molar-refractivity contribution >= 4 is 61.0 Å². The molecule has 1 N–H and O–H groups in total. The number of aromatic nitrogens is 2. The predicted molar refractivity (Wildman–Crippen MR) is 236 cm³/mol. The molecule has 2 fully saturated rings. The van der Waals surface area contributed by atoms with Gasteiger partial charge in [0.05, 0.1) is 36.4 Å². The fourth-order valence-corrected chi connectivity index (χ4v) is 10.4. The number of nitrogens with one attached hydrogen (secondary N) is 1. The third-order valence-corrected chi connectivity index (χ3v) is 13.6. The van der Waals surface area contributed by atoms with Crippen molar-refractivity contribution in [3.05, 3.63) is 99.6 Å². The summed E-state index contributed by atoms with van der Waals surface area (Å²) in [6.07, 6.45) is 6.01. The maximum Gasteiger partial charge on any atom is 0.357 e. The van der Waals surface area contributed by atoms with Crippen LogP contribution in [0.15, 0.2) is 66.7 Å². The monoisotopic (exact) mass is 845 g/mol. The highest BCUT2D eigenvalue weighted by Crippen LogP contribution is 2.46. The maximum absolute atomic E-state index is 13.6. The molecule has 13 heteroatoms. The summed E-state index contributed by atoms with van der Waals surface area (Å²) in [5, 5.41) is 4.30. The first-order valence-corrected chi connectivity index (χ1v) is 22.4. The van der Waals surface area contributed by atoms with Crippen LogP contribution in [-0.4, -0.2) is 78.2 Å². The molecule has 8 rings (SSSR count). The number of hydrogen-bond donors (Lipinski definition) is 1. The van der Waals surface area contributed by atoms with E-state index in [2.05, 4.69) is 38.0 Å². The Morgan fingerprint density at radius 3 is 2.50 bits per heavy atom. The minimum absolute atomic E-state index is 0.0299. The number of benzene rings is 3. The molecule has 1 amide bonds. The lowest BCUT2D eigenvalue weighted by atomic mass is 9.66. The van der Waals surface area contributed by atoms with Crippen molar-refractivity contribution in [1.29, 1.82) is 0 Å². The molecule has 3 aromatic carbocycles. The lowest BCUT2D eigenvalue weighted by Gasteiger charge is -2.53. The molecule has 312 valence electrons. The van der Waals surface area contributed by atoms with Gasteiger partial charge in [-0.3, -0.25) is 19.8 Å². The number of nitrogens with zero attached hydrogens (tertiary/aromatic N) is 4. The smallest absolute Gasteiger partial charge is 0.357 e. The average Bonchev–Trinajstić information content (AvgIpc) is 3.85. The van der Waals surface area contributed by atoms with Gasteiger partial charge in [0.15, 0.2) is 16.0 Å². The van der Waals surface area contributed by atoms with E-state index in [4.69, 9.17) is 19.2 Å². The Morgan fingerprint density at radius 2 is 1.75 bits per heavy atom. The van der Waals surface area contributed by atoms with Crippen LogP contribution in [-0.2, 0) is 33.7 Å². The number of hydrogen-bond acceptors (Lipinski definition) is 12. The standard InChI is InChI=1S/C47H51N5O6S2/c1-46(2,3)58-42(54)33-20-23-47(24-21-33)29-51(30-47)25-8-10-31-16-18-34(19-17-31)57-27-9-15-39-40(43(55)56-4)49-45(60-39)52-26-22-32-11-7-12-35(36(32)28-52)41(53)50-44-48-37-13-5-6-14-38(37)59-44/h5-7,11-14,16-19,33H,9,15,20-30H2,1-4H3,(H,48,50,53). The number of para-hydroxylation sites is 1. The van der Waals surface area contributed by atoms with Gasteiger partial charge in [-0.05, 0) is 125 Å². The van der Waals surface area contributed by atoms with Crippen LogP contribution in [0.25, 0.3) is 10.2 Å². The number of fused-ring (bicyclic) bond motifs is 2. The van der Waals surface area contributed by atoms with Crippen molar-refractivity contribution in [1.82, 2.24) is 14.9 Å². The highest BCUT2D eigenvalue weighted by molar-refractivity contribution is 7.22. The largest absolute Gasteiger partial charge is 0.494 e. The minimum atomic E-state index is -0.463. The van der Waals surface area contributed by atoms with E-state index in [0.29, 0.717) is 54.3 Å². The van der Waals surface area contributed by atoms with Gasteiger partial charge in [0.1, 0.15) is 11.4 Å². The lowest BCUT2D eigenvalue weighted by molar-refractivity contribution is -0.163. The maximum atomic E-state index is 13.6. The summed E-state index contributed by atoms with van der Waals surface area (Å²) < 4.78 is 17.8. The molecule has 0 bridgehead atoms. The van der Waals surface area contributed by atoms with Crippen LogP contribution >= 0.6 is 22.7 Å². The highest BCUT2D eigenvalue weighted by atomic mass is 32.1. The summed E-state index contributed by atoms with van der Waals surface area (Å²) >= 11 is 2.94. The summed E-state index contributed by atoms with van der Waals surface area (Å²) in [4.78, 5) is 53.6. The molecule has 5 aromatic rings. The van der Waals surface area contributed by atoms with Gasteiger partial charge in [-0.25, -0.2) is 14.8 Å². The minimum Gasteiger partial charge on any atom is -0.494 e. The van der Waals surface area contributed by atoms with Crippen molar-refractivity contribution in [2.24, 2.45) is 11.3 Å². The van der Waals surface area contributed by atoms with E-state index in [9.17, 15) is 14.4 Å². The number of thiazole rings is 2. The Hall–Kier alpha value is -5.29. The topological polar surface area (TPSA) is 123 Å². The van der Waals surface area contributed by atoms with Crippen LogP contribution in [0.3, 0.4) is 0 Å². The van der Waals surface area contributed by atoms with Crippen molar-refractivity contribution in [3.8, 4) is 17.6 Å². The SMILES string of the molecule is COC(=O)c1nc(N2CCc3cccc(C(=O)Nc4nc5ccccc5s4)c3C2)sc1CCCOc1ccc(C#CCN2CC3(CCC(C(=O)OC(C)(C)C)CC3)C2)cc1. The number of aryl methyl sites for hydroxylation is 1. The summed E-state index contributed by atoms with van der Waals surface area (Å²) in [6, 6.07) is 21.5. The van der Waals surface area contributed by atoms with Gasteiger partial charge >= 0.3 is 11.9 Å². The molecule has 2 aliphatic heterocycles. The molecule has 0 unspecified atom stereocenters. The zero-order valence-corrected chi connectivity index (χ0v) is 36.3. The Morgan fingerprint density at radius 1 is 0.967 bits per heavy atom. The molecule has 1 saturated carbocycles. The molecule has 1 spiro atoms. The molecule has 60 heavy (non-hydrogen) atoms. The van der Waals surface area contributed by atoms with E-state index in [1.165, 1.54) is 29.8 Å². The van der Waals surface area contributed by atoms with Crippen molar-refractivity contribution in [2.75, 3.05) is 50.1 Å². The van der Waals surface area contributed by atoms with Crippen LogP contribution in [0.1, 0.15) is 95.3 Å². The van der Waals surface area contributed by atoms with E-state index in [1.807, 2.05) is 81.4 Å². The van der Waals surface area contributed by atoms with Crippen molar-refractivity contribution < 1.29 is 28.6 Å². The lowest BCUT2D eigenvalue weighted by Crippen LogP contribution is -2.57. The van der Waals surface area contributed by atoms with Crippen molar-refractivity contribution in [3.63, 3.8) is 0 Å². The summed E-state index contributed by atoms with van der Waals surface area (Å²) in [7, 11) is 1.37. The first kappa shape index (κ1) is 41.4. The summed E-state index contributed by atoms with van der Waals surface area (Å²) in [6.45, 7) is 10.3. The quantitative estimate of drug-likeness (QED) is 0.0786. The van der Waals surface area contributed by atoms with Crippen LogP contribution in [0, 0.1) is 23.2 Å². The number of rotatable bonds is 11. The molecule has 2 aromatic heterocycles. The van der Waals surface area contributed by atoms with Crippen LogP contribution in [0.2, 0.25) is 0 Å². The zero-order chi connectivity index (χ0) is 41.9. The first-order valence-electron chi connectivity index (χ1n) is 20.7. The fraction of sp³-hybridized carbons (Fsp3) is 0.426. The number of anilines is 2. The van der Waals surface area contributed by atoms with E-state index in [-0.39, 0.29) is 17.8 Å². The molecule has 0 atom stereocenters. The Labute approximate surface area is 359 Å². The molecule has 1 aliphatic carbocycles. The van der Waals surface area contributed by atoms with Gasteiger partial charge in [0.25, 0.3) is 5.91 Å². The predicted octanol–water partition coefficient (Wildman–Crippen LogP) is 8.55. The van der Waals surface area contributed by atoms with E-state index in [1.54, 1.807) is 0 Å². The summed E-state index contributed by atoms with van der Waals surface area (Å²) in [5.74, 6) is 6.72. The third-order valence-electron chi connectivity index (χ3n) is 11.5. The highest BCUT2D eigenvalue weighted by Gasteiger charge is 2.46. The van der Waals surface area contributed by atoms with Crippen LogP contribution in [0.5, 0.6) is 5.75 Å². The number of esters is 2. The van der Waals surface area contributed by atoms with Gasteiger partial charge < -0.3 is 19.1 Å². The Kier molecular flexibility index (Phi) is 12.3. The average molecular weight is 846 g/mol. The number of amides is 1. The molecular formula is C47H51N5O6S2. The van der Waals surface area contributed by atoms with Gasteiger partial charge in [-0.1, -0.05) is 47.4 Å².